The topological polar surface area (TPSA) is 46.9 Å². The summed E-state index contributed by atoms with van der Waals surface area (Å²) in [5, 5.41) is 3.01. The summed E-state index contributed by atoms with van der Waals surface area (Å²) in [4.78, 5) is 17.1. The minimum absolute atomic E-state index is 0.0163. The van der Waals surface area contributed by atoms with E-state index in [0.29, 0.717) is 12.1 Å². The van der Waals surface area contributed by atoms with Crippen molar-refractivity contribution in [1.82, 2.24) is 14.9 Å². The standard InChI is InChI=1S/C27H28BrN3O/c1-20-10-12-21(13-11-20)19-31-25-8-5-4-7-24(25)30-26(31)9-3-2-6-18-29-27(32)22-14-16-23(28)17-15-22/h4-5,7-8,10-17H,2-3,6,9,18-19H2,1H3,(H,29,32). The molecule has 1 heterocycles. The number of nitrogens with zero attached hydrogens (tertiary/aromatic N) is 2. The number of fused-ring (bicyclic) bond motifs is 1. The molecule has 164 valence electrons. The third-order valence-corrected chi connectivity index (χ3v) is 6.19. The summed E-state index contributed by atoms with van der Waals surface area (Å²) >= 11 is 3.39. The van der Waals surface area contributed by atoms with Crippen molar-refractivity contribution in [3.63, 3.8) is 0 Å². The molecule has 0 saturated heterocycles. The van der Waals surface area contributed by atoms with E-state index in [0.717, 1.165) is 48.0 Å². The van der Waals surface area contributed by atoms with Gasteiger partial charge in [-0.25, -0.2) is 4.98 Å². The van der Waals surface area contributed by atoms with Gasteiger partial charge in [0.1, 0.15) is 5.82 Å². The molecule has 1 aromatic heterocycles. The van der Waals surface area contributed by atoms with Crippen LogP contribution >= 0.6 is 15.9 Å². The molecular formula is C27H28BrN3O. The van der Waals surface area contributed by atoms with Gasteiger partial charge in [-0.2, -0.15) is 0 Å². The highest BCUT2D eigenvalue weighted by Crippen LogP contribution is 2.20. The lowest BCUT2D eigenvalue weighted by Crippen LogP contribution is -2.24. The molecule has 3 aromatic carbocycles. The van der Waals surface area contributed by atoms with Gasteiger partial charge in [-0.3, -0.25) is 4.79 Å². The van der Waals surface area contributed by atoms with Crippen LogP contribution in [-0.4, -0.2) is 22.0 Å². The number of carbonyl (C=O) groups excluding carboxylic acids is 1. The van der Waals surface area contributed by atoms with Crippen LogP contribution < -0.4 is 5.32 Å². The molecule has 0 aliphatic rings. The Bertz CT molecular complexity index is 1180. The summed E-state index contributed by atoms with van der Waals surface area (Å²) in [5.41, 5.74) is 5.49. The Morgan fingerprint density at radius 2 is 1.69 bits per heavy atom. The lowest BCUT2D eigenvalue weighted by atomic mass is 10.1. The molecule has 4 nitrogen and oxygen atoms in total. The number of rotatable bonds is 9. The Balaban J connectivity index is 1.31. The number of halogens is 1. The molecular weight excluding hydrogens is 462 g/mol. The number of aromatic nitrogens is 2. The van der Waals surface area contributed by atoms with E-state index < -0.39 is 0 Å². The predicted molar refractivity (Wildman–Crippen MR) is 134 cm³/mol. The first-order chi connectivity index (χ1) is 15.6. The van der Waals surface area contributed by atoms with Gasteiger partial charge in [0.25, 0.3) is 5.91 Å². The molecule has 4 rings (SSSR count). The molecule has 0 atom stereocenters. The van der Waals surface area contributed by atoms with E-state index in [1.165, 1.54) is 16.6 Å². The Kier molecular flexibility index (Phi) is 7.38. The van der Waals surface area contributed by atoms with Crippen LogP contribution in [0.15, 0.2) is 77.3 Å². The number of unbranched alkanes of at least 4 members (excludes halogenated alkanes) is 2. The van der Waals surface area contributed by atoms with Crippen LogP contribution in [0.1, 0.15) is 46.6 Å². The maximum absolute atomic E-state index is 12.2. The van der Waals surface area contributed by atoms with Crippen molar-refractivity contribution in [2.45, 2.75) is 39.2 Å². The highest BCUT2D eigenvalue weighted by Gasteiger charge is 2.11. The number of carbonyl (C=O) groups is 1. The minimum Gasteiger partial charge on any atom is -0.352 e. The zero-order valence-electron chi connectivity index (χ0n) is 18.4. The minimum atomic E-state index is -0.0163. The van der Waals surface area contributed by atoms with E-state index in [2.05, 4.69) is 75.2 Å². The van der Waals surface area contributed by atoms with Gasteiger partial charge in [-0.05, 0) is 61.7 Å². The number of para-hydroxylation sites is 2. The maximum Gasteiger partial charge on any atom is 0.251 e. The second kappa shape index (κ2) is 10.6. The van der Waals surface area contributed by atoms with E-state index in [1.54, 1.807) is 0 Å². The molecule has 0 bridgehead atoms. The van der Waals surface area contributed by atoms with Gasteiger partial charge in [0.05, 0.1) is 11.0 Å². The summed E-state index contributed by atoms with van der Waals surface area (Å²) < 4.78 is 3.32. The third kappa shape index (κ3) is 5.65. The Morgan fingerprint density at radius 3 is 2.47 bits per heavy atom. The number of hydrogen-bond donors (Lipinski definition) is 1. The molecule has 0 radical (unpaired) electrons. The number of nitrogens with one attached hydrogen (secondary N) is 1. The summed E-state index contributed by atoms with van der Waals surface area (Å²) in [5.74, 6) is 1.11. The van der Waals surface area contributed by atoms with Crippen LogP contribution in [0.2, 0.25) is 0 Å². The first-order valence-electron chi connectivity index (χ1n) is 11.1. The lowest BCUT2D eigenvalue weighted by Gasteiger charge is -2.10. The zero-order chi connectivity index (χ0) is 22.3. The monoisotopic (exact) mass is 489 g/mol. The first-order valence-corrected chi connectivity index (χ1v) is 11.9. The number of imidazole rings is 1. The first kappa shape index (κ1) is 22.3. The lowest BCUT2D eigenvalue weighted by molar-refractivity contribution is 0.0953. The van der Waals surface area contributed by atoms with Gasteiger partial charge in [-0.1, -0.05) is 64.3 Å². The molecule has 0 spiro atoms. The second-order valence-corrected chi connectivity index (χ2v) is 9.08. The van der Waals surface area contributed by atoms with Crippen molar-refractivity contribution in [3.8, 4) is 0 Å². The fraction of sp³-hybridized carbons (Fsp3) is 0.259. The van der Waals surface area contributed by atoms with Crippen molar-refractivity contribution in [2.75, 3.05) is 6.54 Å². The Labute approximate surface area is 197 Å². The van der Waals surface area contributed by atoms with Gasteiger partial charge < -0.3 is 9.88 Å². The van der Waals surface area contributed by atoms with Crippen LogP contribution in [-0.2, 0) is 13.0 Å². The Hall–Kier alpha value is -2.92. The molecule has 0 fully saturated rings. The predicted octanol–water partition coefficient (Wildman–Crippen LogP) is 6.30. The van der Waals surface area contributed by atoms with Crippen LogP contribution in [0.5, 0.6) is 0 Å². The summed E-state index contributed by atoms with van der Waals surface area (Å²) in [6.07, 6.45) is 3.99. The largest absolute Gasteiger partial charge is 0.352 e. The summed E-state index contributed by atoms with van der Waals surface area (Å²) in [6, 6.07) is 24.5. The molecule has 0 unspecified atom stereocenters. The fourth-order valence-corrected chi connectivity index (χ4v) is 4.12. The molecule has 5 heteroatoms. The van der Waals surface area contributed by atoms with E-state index in [1.807, 2.05) is 30.3 Å². The van der Waals surface area contributed by atoms with Gasteiger partial charge in [0, 0.05) is 29.5 Å². The van der Waals surface area contributed by atoms with Gasteiger partial charge >= 0.3 is 0 Å². The van der Waals surface area contributed by atoms with Gasteiger partial charge in [-0.15, -0.1) is 0 Å². The van der Waals surface area contributed by atoms with Crippen molar-refractivity contribution < 1.29 is 4.79 Å². The number of amides is 1. The Morgan fingerprint density at radius 1 is 0.938 bits per heavy atom. The average Bonchev–Trinajstić information content (AvgIpc) is 3.15. The van der Waals surface area contributed by atoms with Crippen LogP contribution in [0, 0.1) is 6.92 Å². The summed E-state index contributed by atoms with van der Waals surface area (Å²) in [7, 11) is 0. The van der Waals surface area contributed by atoms with E-state index >= 15 is 0 Å². The van der Waals surface area contributed by atoms with Gasteiger partial charge in [0.2, 0.25) is 0 Å². The molecule has 0 aliphatic heterocycles. The zero-order valence-corrected chi connectivity index (χ0v) is 19.9. The molecule has 0 aliphatic carbocycles. The number of hydrogen-bond acceptors (Lipinski definition) is 2. The van der Waals surface area contributed by atoms with E-state index in [4.69, 9.17) is 4.98 Å². The fourth-order valence-electron chi connectivity index (χ4n) is 3.86. The third-order valence-electron chi connectivity index (χ3n) is 5.66. The molecule has 0 saturated carbocycles. The molecule has 32 heavy (non-hydrogen) atoms. The number of benzene rings is 3. The summed E-state index contributed by atoms with van der Waals surface area (Å²) in [6.45, 7) is 3.64. The van der Waals surface area contributed by atoms with Crippen molar-refractivity contribution >= 4 is 32.9 Å². The molecule has 4 aromatic rings. The molecule has 1 N–H and O–H groups in total. The van der Waals surface area contributed by atoms with Gasteiger partial charge in [0.15, 0.2) is 0 Å². The number of aryl methyl sites for hydroxylation is 2. The normalized spacial score (nSPS) is 11.1. The van der Waals surface area contributed by atoms with E-state index in [9.17, 15) is 4.79 Å². The van der Waals surface area contributed by atoms with Crippen molar-refractivity contribution in [3.05, 3.63) is 99.8 Å². The average molecular weight is 490 g/mol. The van der Waals surface area contributed by atoms with E-state index in [-0.39, 0.29) is 5.91 Å². The highest BCUT2D eigenvalue weighted by atomic mass is 79.9. The SMILES string of the molecule is Cc1ccc(Cn2c(CCCCCNC(=O)c3ccc(Br)cc3)nc3ccccc32)cc1. The second-order valence-electron chi connectivity index (χ2n) is 8.16. The maximum atomic E-state index is 12.2. The smallest absolute Gasteiger partial charge is 0.251 e. The molecule has 1 amide bonds. The van der Waals surface area contributed by atoms with Crippen LogP contribution in [0.4, 0.5) is 0 Å². The van der Waals surface area contributed by atoms with Crippen molar-refractivity contribution in [1.29, 1.82) is 0 Å². The quantitative estimate of drug-likeness (QED) is 0.280. The van der Waals surface area contributed by atoms with Crippen LogP contribution in [0.25, 0.3) is 11.0 Å². The van der Waals surface area contributed by atoms with Crippen LogP contribution in [0.3, 0.4) is 0 Å². The highest BCUT2D eigenvalue weighted by molar-refractivity contribution is 9.10. The van der Waals surface area contributed by atoms with Crippen molar-refractivity contribution in [2.24, 2.45) is 0 Å².